The van der Waals surface area contributed by atoms with Crippen LogP contribution < -0.4 is 53.4 Å². The van der Waals surface area contributed by atoms with Crippen LogP contribution in [-0.2, 0) is 37.6 Å². The van der Waals surface area contributed by atoms with E-state index in [0.717, 1.165) is 43.6 Å². The number of benzene rings is 5. The maximum absolute atomic E-state index is 13.5. The highest BCUT2D eigenvalue weighted by atomic mass is 16.7. The van der Waals surface area contributed by atoms with Crippen molar-refractivity contribution < 1.29 is 24.4 Å². The molecule has 0 aliphatic heterocycles. The Labute approximate surface area is 465 Å². The third-order valence-electron chi connectivity index (χ3n) is 12.5. The Balaban J connectivity index is 0.000000152. The Kier molecular flexibility index (Phi) is 17.9. The van der Waals surface area contributed by atoms with Gasteiger partial charge in [0.2, 0.25) is 0 Å². The molecule has 0 saturated carbocycles. The minimum absolute atomic E-state index is 0.0817. The van der Waals surface area contributed by atoms with E-state index in [1.54, 1.807) is 13.8 Å². The molecule has 6 aromatic heterocycles. The summed E-state index contributed by atoms with van der Waals surface area (Å²) < 4.78 is 7.69. The SMILES string of the molecule is CCOC(=O)c1c(NCc2ccccc2)c2c(C)ncnc2n(OCc2ccccc2)c1=O.O=c1[nH]cnc2c1c(NCc1ccccc1)cc(=O)n2O.O=c1[nH]cnc2c1c(NCc1ccccc1)cc(=O)n2OCc1ccccc1. The van der Waals surface area contributed by atoms with Crippen molar-refractivity contribution in [3.05, 3.63) is 274 Å². The highest BCUT2D eigenvalue weighted by molar-refractivity contribution is 6.05. The smallest absolute Gasteiger partial charge is 0.346 e. The van der Waals surface area contributed by atoms with Gasteiger partial charge in [-0.15, -0.1) is 14.2 Å². The van der Waals surface area contributed by atoms with Crippen molar-refractivity contribution in [1.29, 1.82) is 0 Å². The Hall–Kier alpha value is -11.2. The highest BCUT2D eigenvalue weighted by Gasteiger charge is 2.27. The fraction of sp³-hybridized carbons (Fsp3) is 0.133. The first-order chi connectivity index (χ1) is 40.0. The lowest BCUT2D eigenvalue weighted by molar-refractivity contribution is 0.0513. The number of pyridine rings is 3. The molecule has 0 spiro atoms. The van der Waals surface area contributed by atoms with Crippen molar-refractivity contribution in [2.45, 2.75) is 46.7 Å². The van der Waals surface area contributed by atoms with Gasteiger partial charge in [0.1, 0.15) is 30.3 Å². The lowest BCUT2D eigenvalue weighted by atomic mass is 10.1. The number of aryl methyl sites for hydroxylation is 1. The number of H-pyrrole nitrogens is 2. The zero-order valence-electron chi connectivity index (χ0n) is 44.3. The highest BCUT2D eigenvalue weighted by Crippen LogP contribution is 2.28. The fourth-order valence-corrected chi connectivity index (χ4v) is 8.53. The Bertz CT molecular complexity index is 4300. The number of esters is 1. The Morgan fingerprint density at radius 3 is 1.45 bits per heavy atom. The molecule has 0 atom stereocenters. The Morgan fingerprint density at radius 1 is 0.524 bits per heavy atom. The van der Waals surface area contributed by atoms with Crippen LogP contribution in [0.15, 0.2) is 207 Å². The van der Waals surface area contributed by atoms with Gasteiger partial charge in [0.25, 0.3) is 22.2 Å². The van der Waals surface area contributed by atoms with E-state index in [9.17, 15) is 34.0 Å². The maximum Gasteiger partial charge on any atom is 0.346 e. The van der Waals surface area contributed by atoms with Gasteiger partial charge in [0.15, 0.2) is 22.5 Å². The summed E-state index contributed by atoms with van der Waals surface area (Å²) in [5, 5.41) is 20.0. The van der Waals surface area contributed by atoms with Gasteiger partial charge in [0, 0.05) is 31.8 Å². The molecule has 0 bridgehead atoms. The summed E-state index contributed by atoms with van der Waals surface area (Å²) in [5.74, 6) is -0.736. The second-order valence-electron chi connectivity index (χ2n) is 18.0. The summed E-state index contributed by atoms with van der Waals surface area (Å²) in [6, 6.07) is 50.3. The number of hydrogen-bond acceptors (Lipinski definition) is 17. The van der Waals surface area contributed by atoms with Gasteiger partial charge in [0.05, 0.1) is 47.4 Å². The zero-order chi connectivity index (χ0) is 57.4. The number of ether oxygens (including phenoxy) is 1. The molecule has 82 heavy (non-hydrogen) atoms. The van der Waals surface area contributed by atoms with E-state index in [0.29, 0.717) is 52.5 Å². The monoisotopic (exact) mass is 1100 g/mol. The van der Waals surface area contributed by atoms with Crippen molar-refractivity contribution in [3.8, 4) is 0 Å². The number of fused-ring (bicyclic) bond motifs is 3. The summed E-state index contributed by atoms with van der Waals surface area (Å²) in [6.45, 7) is 5.22. The van der Waals surface area contributed by atoms with Crippen molar-refractivity contribution >= 4 is 56.1 Å². The van der Waals surface area contributed by atoms with Crippen molar-refractivity contribution in [1.82, 2.24) is 44.1 Å². The lowest BCUT2D eigenvalue weighted by Crippen LogP contribution is -2.34. The Morgan fingerprint density at radius 2 is 0.951 bits per heavy atom. The van der Waals surface area contributed by atoms with Gasteiger partial charge in [-0.3, -0.25) is 24.0 Å². The minimum atomic E-state index is -0.736. The summed E-state index contributed by atoms with van der Waals surface area (Å²) >= 11 is 0. The van der Waals surface area contributed by atoms with E-state index in [1.165, 1.54) is 24.8 Å². The molecular weight excluding hydrogens is 1050 g/mol. The molecule has 22 heteroatoms. The van der Waals surface area contributed by atoms with Crippen LogP contribution in [0.3, 0.4) is 0 Å². The molecule has 0 radical (unpaired) electrons. The van der Waals surface area contributed by atoms with Crippen molar-refractivity contribution in [2.24, 2.45) is 0 Å². The van der Waals surface area contributed by atoms with Gasteiger partial charge >= 0.3 is 11.5 Å². The van der Waals surface area contributed by atoms with Crippen molar-refractivity contribution in [2.75, 3.05) is 22.6 Å². The third kappa shape index (κ3) is 13.2. The van der Waals surface area contributed by atoms with E-state index in [4.69, 9.17) is 14.4 Å². The van der Waals surface area contributed by atoms with E-state index in [1.807, 2.05) is 152 Å². The first kappa shape index (κ1) is 55.6. The van der Waals surface area contributed by atoms with Gasteiger partial charge in [-0.1, -0.05) is 152 Å². The first-order valence-corrected chi connectivity index (χ1v) is 25.7. The number of aromatic amines is 2. The molecule has 0 fully saturated rings. The van der Waals surface area contributed by atoms with Crippen LogP contribution in [0.1, 0.15) is 50.8 Å². The molecule has 22 nitrogen and oxygen atoms in total. The molecule has 5 aromatic carbocycles. The maximum atomic E-state index is 13.5. The molecular formula is C60H54N12O10. The molecule has 0 aliphatic rings. The molecule has 11 aromatic rings. The zero-order valence-corrected chi connectivity index (χ0v) is 44.3. The molecule has 6 N–H and O–H groups in total. The minimum Gasteiger partial charge on any atom is -0.462 e. The molecule has 0 saturated heterocycles. The number of nitrogens with zero attached hydrogens (tertiary/aromatic N) is 7. The fourth-order valence-electron chi connectivity index (χ4n) is 8.53. The number of nitrogens with one attached hydrogen (secondary N) is 5. The predicted molar refractivity (Wildman–Crippen MR) is 310 cm³/mol. The van der Waals surface area contributed by atoms with Gasteiger partial charge in [-0.05, 0) is 41.7 Å². The van der Waals surface area contributed by atoms with Crippen LogP contribution in [-0.4, -0.2) is 61.9 Å². The molecule has 0 amide bonds. The number of carbonyl (C=O) groups is 1. The second-order valence-corrected chi connectivity index (χ2v) is 18.0. The number of hydrogen-bond donors (Lipinski definition) is 6. The van der Waals surface area contributed by atoms with Crippen LogP contribution in [0.2, 0.25) is 0 Å². The van der Waals surface area contributed by atoms with Crippen LogP contribution in [0.5, 0.6) is 0 Å². The lowest BCUT2D eigenvalue weighted by Gasteiger charge is -2.18. The first-order valence-electron chi connectivity index (χ1n) is 25.7. The predicted octanol–water partition coefficient (Wildman–Crippen LogP) is 6.78. The van der Waals surface area contributed by atoms with Gasteiger partial charge < -0.3 is 45.5 Å². The average molecular weight is 1100 g/mol. The van der Waals surface area contributed by atoms with E-state index < -0.39 is 28.2 Å². The molecule has 11 rings (SSSR count). The second kappa shape index (κ2) is 26.5. The average Bonchev–Trinajstić information content (AvgIpc) is 2.37. The van der Waals surface area contributed by atoms with Crippen LogP contribution >= 0.6 is 0 Å². The van der Waals surface area contributed by atoms with Gasteiger partial charge in [-0.2, -0.15) is 0 Å². The number of rotatable bonds is 17. The molecule has 0 unspecified atom stereocenters. The van der Waals surface area contributed by atoms with E-state index in [2.05, 4.69) is 45.9 Å². The largest absolute Gasteiger partial charge is 0.462 e. The van der Waals surface area contributed by atoms with Gasteiger partial charge in [-0.25, -0.2) is 24.7 Å². The quantitative estimate of drug-likeness (QED) is 0.0405. The summed E-state index contributed by atoms with van der Waals surface area (Å²) in [6.07, 6.45) is 3.76. The van der Waals surface area contributed by atoms with Crippen LogP contribution in [0, 0.1) is 6.92 Å². The normalized spacial score (nSPS) is 10.7. The molecule has 414 valence electrons. The van der Waals surface area contributed by atoms with E-state index in [-0.39, 0.29) is 58.7 Å². The molecule has 6 heterocycles. The number of carbonyl (C=O) groups excluding carboxylic acids is 1. The van der Waals surface area contributed by atoms with Crippen molar-refractivity contribution in [3.63, 3.8) is 0 Å². The summed E-state index contributed by atoms with van der Waals surface area (Å²) in [4.78, 5) is 108. The summed E-state index contributed by atoms with van der Waals surface area (Å²) in [7, 11) is 0. The molecule has 0 aliphatic carbocycles. The van der Waals surface area contributed by atoms with Crippen LogP contribution in [0.4, 0.5) is 17.1 Å². The number of anilines is 3. The summed E-state index contributed by atoms with van der Waals surface area (Å²) in [5.41, 5.74) is 4.17. The van der Waals surface area contributed by atoms with E-state index >= 15 is 0 Å². The standard InChI is InChI=1S/C25H24N4O4.C21H18N4O3.C14H12N4O3/c1-3-32-25(31)21-22(26-14-18-10-6-4-7-11-18)20-17(2)27-16-28-23(20)29(24(21)30)33-15-19-12-8-5-9-13-19;26-18-11-17(22-12-15-7-3-1-4-8-15)19-20(23-14-24-21(19)27)25(18)28-13-16-9-5-2-6-10-16;19-11-6-10(15-7-9-4-2-1-3-5-9)12-13(18(11)21)16-8-17-14(12)20/h4-13,16,26H,3,14-15H2,1-2H3;1-11,14,22H,12-13H2,(H,23,24,27);1-6,8,15,21H,7H2,(H,16,17,20). The third-order valence-corrected chi connectivity index (χ3v) is 12.5. The topological polar surface area (TPSA) is 284 Å². The number of aromatic nitrogens is 9. The van der Waals surface area contributed by atoms with Crippen LogP contribution in [0.25, 0.3) is 33.1 Å².